The van der Waals surface area contributed by atoms with Gasteiger partial charge in [-0.3, -0.25) is 4.79 Å². The zero-order chi connectivity index (χ0) is 12.7. The zero-order valence-electron chi connectivity index (χ0n) is 11.6. The van der Waals surface area contributed by atoms with E-state index in [9.17, 15) is 4.79 Å². The number of piperidine rings is 1. The van der Waals surface area contributed by atoms with Crippen molar-refractivity contribution < 1.29 is 9.53 Å². The highest BCUT2D eigenvalue weighted by molar-refractivity contribution is 5.85. The third kappa shape index (κ3) is 5.55. The van der Waals surface area contributed by atoms with Crippen LogP contribution in [0.5, 0.6) is 0 Å². The van der Waals surface area contributed by atoms with Gasteiger partial charge < -0.3 is 15.4 Å². The largest absolute Gasteiger partial charge is 0.378 e. The second-order valence-electron chi connectivity index (χ2n) is 4.85. The standard InChI is InChI=1S/C13H26N2O2.ClH/c1-3-11(2)13(16)15-8-5-12(6-9-15)17-10-4-7-14;/h11-12H,3-10,14H2,1-2H3;1H. The van der Waals surface area contributed by atoms with Crippen molar-refractivity contribution in [1.29, 1.82) is 0 Å². The smallest absolute Gasteiger partial charge is 0.225 e. The minimum Gasteiger partial charge on any atom is -0.378 e. The molecule has 1 unspecified atom stereocenters. The van der Waals surface area contributed by atoms with Gasteiger partial charge >= 0.3 is 0 Å². The molecule has 1 rings (SSSR count). The van der Waals surface area contributed by atoms with Gasteiger partial charge in [0.25, 0.3) is 0 Å². The Morgan fingerprint density at radius 3 is 2.56 bits per heavy atom. The summed E-state index contributed by atoms with van der Waals surface area (Å²) >= 11 is 0. The number of hydrogen-bond donors (Lipinski definition) is 1. The van der Waals surface area contributed by atoms with Crippen LogP contribution >= 0.6 is 12.4 Å². The van der Waals surface area contributed by atoms with E-state index in [4.69, 9.17) is 10.5 Å². The topological polar surface area (TPSA) is 55.6 Å². The number of halogens is 1. The van der Waals surface area contributed by atoms with E-state index in [0.29, 0.717) is 18.6 Å². The Kier molecular flexibility index (Phi) is 9.42. The molecule has 0 radical (unpaired) electrons. The molecule has 1 aliphatic rings. The van der Waals surface area contributed by atoms with E-state index in [1.165, 1.54) is 0 Å². The average Bonchev–Trinajstić information content (AvgIpc) is 2.38. The molecule has 1 amide bonds. The summed E-state index contributed by atoms with van der Waals surface area (Å²) in [6.07, 6.45) is 4.10. The van der Waals surface area contributed by atoms with E-state index >= 15 is 0 Å². The Balaban J connectivity index is 0.00000289. The maximum atomic E-state index is 12.0. The van der Waals surface area contributed by atoms with Gasteiger partial charge in [0, 0.05) is 25.6 Å². The van der Waals surface area contributed by atoms with Gasteiger partial charge in [0.05, 0.1) is 6.10 Å². The minimum absolute atomic E-state index is 0. The Bertz CT molecular complexity index is 231. The Hall–Kier alpha value is -0.320. The number of likely N-dealkylation sites (tertiary alicyclic amines) is 1. The predicted molar refractivity (Wildman–Crippen MR) is 75.9 cm³/mol. The van der Waals surface area contributed by atoms with E-state index in [2.05, 4.69) is 6.92 Å². The molecule has 0 bridgehead atoms. The van der Waals surface area contributed by atoms with Gasteiger partial charge in [-0.05, 0) is 32.2 Å². The van der Waals surface area contributed by atoms with E-state index in [1.54, 1.807) is 0 Å². The van der Waals surface area contributed by atoms with Crippen molar-refractivity contribution in [1.82, 2.24) is 4.90 Å². The first-order valence-corrected chi connectivity index (χ1v) is 6.79. The van der Waals surface area contributed by atoms with Crippen LogP contribution in [0.2, 0.25) is 0 Å². The molecule has 1 fully saturated rings. The molecular formula is C13H27ClN2O2. The Morgan fingerprint density at radius 2 is 2.06 bits per heavy atom. The first-order valence-electron chi connectivity index (χ1n) is 6.79. The van der Waals surface area contributed by atoms with E-state index in [0.717, 1.165) is 45.4 Å². The molecule has 1 heterocycles. The first kappa shape index (κ1) is 17.7. The monoisotopic (exact) mass is 278 g/mol. The maximum Gasteiger partial charge on any atom is 0.225 e. The molecule has 5 heteroatoms. The molecule has 1 saturated heterocycles. The second-order valence-corrected chi connectivity index (χ2v) is 4.85. The molecule has 0 spiro atoms. The molecule has 108 valence electrons. The van der Waals surface area contributed by atoms with Gasteiger partial charge in [0.1, 0.15) is 0 Å². The number of nitrogens with two attached hydrogens (primary N) is 1. The molecule has 1 atom stereocenters. The van der Waals surface area contributed by atoms with Gasteiger partial charge in [-0.15, -0.1) is 12.4 Å². The second kappa shape index (κ2) is 9.59. The Morgan fingerprint density at radius 1 is 1.44 bits per heavy atom. The molecule has 4 nitrogen and oxygen atoms in total. The highest BCUT2D eigenvalue weighted by atomic mass is 35.5. The minimum atomic E-state index is 0. The number of rotatable bonds is 6. The number of carbonyl (C=O) groups is 1. The molecule has 1 aliphatic heterocycles. The normalized spacial score (nSPS) is 18.3. The summed E-state index contributed by atoms with van der Waals surface area (Å²) < 4.78 is 5.72. The van der Waals surface area contributed by atoms with Crippen LogP contribution in [0, 0.1) is 5.92 Å². The summed E-state index contributed by atoms with van der Waals surface area (Å²) in [5, 5.41) is 0. The molecule has 18 heavy (non-hydrogen) atoms. The summed E-state index contributed by atoms with van der Waals surface area (Å²) in [4.78, 5) is 13.9. The quantitative estimate of drug-likeness (QED) is 0.754. The van der Waals surface area contributed by atoms with Crippen LogP contribution in [0.1, 0.15) is 39.5 Å². The van der Waals surface area contributed by atoms with Crippen LogP contribution in [0.15, 0.2) is 0 Å². The van der Waals surface area contributed by atoms with Crippen molar-refractivity contribution in [2.24, 2.45) is 11.7 Å². The number of ether oxygens (including phenoxy) is 1. The fourth-order valence-corrected chi connectivity index (χ4v) is 2.06. The lowest BCUT2D eigenvalue weighted by Crippen LogP contribution is -2.43. The third-order valence-corrected chi connectivity index (χ3v) is 3.49. The lowest BCUT2D eigenvalue weighted by Gasteiger charge is -2.33. The average molecular weight is 279 g/mol. The van der Waals surface area contributed by atoms with Crippen molar-refractivity contribution in [3.63, 3.8) is 0 Å². The SMILES string of the molecule is CCC(C)C(=O)N1CCC(OCCCN)CC1.Cl. The number of nitrogens with zero attached hydrogens (tertiary/aromatic N) is 1. The molecular weight excluding hydrogens is 252 g/mol. The van der Waals surface area contributed by atoms with Gasteiger partial charge in [0.2, 0.25) is 5.91 Å². The van der Waals surface area contributed by atoms with Crippen molar-refractivity contribution in [3.05, 3.63) is 0 Å². The number of amides is 1. The fourth-order valence-electron chi connectivity index (χ4n) is 2.06. The van der Waals surface area contributed by atoms with E-state index in [1.807, 2.05) is 11.8 Å². The fraction of sp³-hybridized carbons (Fsp3) is 0.923. The van der Waals surface area contributed by atoms with Crippen molar-refractivity contribution >= 4 is 18.3 Å². The lowest BCUT2D eigenvalue weighted by molar-refractivity contribution is -0.137. The number of hydrogen-bond acceptors (Lipinski definition) is 3. The molecule has 0 aromatic rings. The summed E-state index contributed by atoms with van der Waals surface area (Å²) in [6, 6.07) is 0. The molecule has 0 aliphatic carbocycles. The van der Waals surface area contributed by atoms with Crippen LogP contribution < -0.4 is 5.73 Å². The van der Waals surface area contributed by atoms with Crippen LogP contribution in [0.25, 0.3) is 0 Å². The molecule has 0 saturated carbocycles. The zero-order valence-corrected chi connectivity index (χ0v) is 12.4. The van der Waals surface area contributed by atoms with Gasteiger partial charge in [-0.1, -0.05) is 13.8 Å². The lowest BCUT2D eigenvalue weighted by atomic mass is 10.0. The molecule has 2 N–H and O–H groups in total. The van der Waals surface area contributed by atoms with Crippen molar-refractivity contribution in [2.45, 2.75) is 45.6 Å². The van der Waals surface area contributed by atoms with E-state index < -0.39 is 0 Å². The van der Waals surface area contributed by atoms with E-state index in [-0.39, 0.29) is 18.3 Å². The Labute approximate surface area is 117 Å². The predicted octanol–water partition coefficient (Wildman–Crippen LogP) is 1.81. The maximum absolute atomic E-state index is 12.0. The first-order chi connectivity index (χ1) is 8.19. The molecule has 0 aromatic carbocycles. The van der Waals surface area contributed by atoms with Crippen LogP contribution in [0.4, 0.5) is 0 Å². The van der Waals surface area contributed by atoms with Crippen LogP contribution in [-0.2, 0) is 9.53 Å². The van der Waals surface area contributed by atoms with Crippen LogP contribution in [-0.4, -0.2) is 43.2 Å². The third-order valence-electron chi connectivity index (χ3n) is 3.49. The summed E-state index contributed by atoms with van der Waals surface area (Å²) in [7, 11) is 0. The van der Waals surface area contributed by atoms with Crippen molar-refractivity contribution in [3.8, 4) is 0 Å². The highest BCUT2D eigenvalue weighted by Crippen LogP contribution is 2.17. The van der Waals surface area contributed by atoms with Crippen LogP contribution in [0.3, 0.4) is 0 Å². The van der Waals surface area contributed by atoms with Crippen molar-refractivity contribution in [2.75, 3.05) is 26.2 Å². The van der Waals surface area contributed by atoms with Gasteiger partial charge in [-0.25, -0.2) is 0 Å². The molecule has 0 aromatic heterocycles. The number of carbonyl (C=O) groups excluding carboxylic acids is 1. The van der Waals surface area contributed by atoms with Gasteiger partial charge in [-0.2, -0.15) is 0 Å². The summed E-state index contributed by atoms with van der Waals surface area (Å²) in [5.74, 6) is 0.456. The summed E-state index contributed by atoms with van der Waals surface area (Å²) in [6.45, 7) is 7.19. The summed E-state index contributed by atoms with van der Waals surface area (Å²) in [5.41, 5.74) is 5.42. The van der Waals surface area contributed by atoms with Gasteiger partial charge in [0.15, 0.2) is 0 Å². The highest BCUT2D eigenvalue weighted by Gasteiger charge is 2.25.